The molecule has 0 unspecified atom stereocenters. The molecule has 1 aliphatic heterocycles. The molecule has 0 aromatic carbocycles. The first-order valence-electron chi connectivity index (χ1n) is 12.5. The molecule has 4 nitrogen and oxygen atoms in total. The van der Waals surface area contributed by atoms with Gasteiger partial charge in [0.25, 0.3) is 0 Å². The van der Waals surface area contributed by atoms with Crippen LogP contribution in [-0.4, -0.2) is 47.6 Å². The highest BCUT2D eigenvalue weighted by Gasteiger charge is 2.44. The van der Waals surface area contributed by atoms with Crippen molar-refractivity contribution in [2.45, 2.75) is 104 Å². The molecule has 0 bridgehead atoms. The van der Waals surface area contributed by atoms with Crippen LogP contribution < -0.4 is 0 Å². The van der Waals surface area contributed by atoms with Crippen LogP contribution in [-0.2, 0) is 18.6 Å². The molecule has 32 heavy (non-hydrogen) atoms. The molecule has 5 heteroatoms. The summed E-state index contributed by atoms with van der Waals surface area (Å²) < 4.78 is 23.7. The lowest BCUT2D eigenvalue weighted by atomic mass is 9.67. The number of ether oxygens (including phenoxy) is 3. The molecule has 0 fully saturated rings. The van der Waals surface area contributed by atoms with Crippen molar-refractivity contribution in [3.05, 3.63) is 23.3 Å². The first-order valence-corrected chi connectivity index (χ1v) is 15.4. The molecule has 0 saturated carbocycles. The minimum atomic E-state index is -1.74. The van der Waals surface area contributed by atoms with Crippen molar-refractivity contribution in [2.24, 2.45) is 17.3 Å². The Bertz CT molecular complexity index is 661. The monoisotopic (exact) mass is 466 g/mol. The van der Waals surface area contributed by atoms with Gasteiger partial charge in [0.2, 0.25) is 0 Å². The lowest BCUT2D eigenvalue weighted by Crippen LogP contribution is -2.42. The number of hydrogen-bond acceptors (Lipinski definition) is 4. The minimum absolute atomic E-state index is 0.106. The van der Waals surface area contributed by atoms with Gasteiger partial charge in [0, 0.05) is 13.7 Å². The van der Waals surface area contributed by atoms with E-state index in [4.69, 9.17) is 18.6 Å². The van der Waals surface area contributed by atoms with Gasteiger partial charge in [0.05, 0.1) is 18.8 Å². The van der Waals surface area contributed by atoms with Gasteiger partial charge in [-0.1, -0.05) is 59.3 Å². The molecule has 4 atom stereocenters. The Labute approximate surface area is 199 Å². The zero-order valence-corrected chi connectivity index (χ0v) is 23.5. The summed E-state index contributed by atoms with van der Waals surface area (Å²) >= 11 is 0. The van der Waals surface area contributed by atoms with E-state index in [-0.39, 0.29) is 22.7 Å². The second-order valence-electron chi connectivity index (χ2n) is 12.0. The van der Waals surface area contributed by atoms with E-state index in [1.54, 1.807) is 12.7 Å². The Balaban J connectivity index is 2.08. The van der Waals surface area contributed by atoms with Crippen LogP contribution in [0.3, 0.4) is 0 Å². The van der Waals surface area contributed by atoms with Gasteiger partial charge in [-0.3, -0.25) is 0 Å². The largest absolute Gasteiger partial charge is 0.417 e. The van der Waals surface area contributed by atoms with Crippen LogP contribution in [0, 0.1) is 17.3 Å². The van der Waals surface area contributed by atoms with Crippen LogP contribution >= 0.6 is 0 Å². The first kappa shape index (κ1) is 27.8. The van der Waals surface area contributed by atoms with Crippen LogP contribution in [0.5, 0.6) is 0 Å². The molecule has 1 heterocycles. The number of allylic oxidation sites excluding steroid dienone is 1. The summed E-state index contributed by atoms with van der Waals surface area (Å²) in [7, 11) is -0.0823. The molecular weight excluding hydrogens is 416 g/mol. The van der Waals surface area contributed by atoms with Crippen LogP contribution in [0.15, 0.2) is 23.3 Å². The summed E-state index contributed by atoms with van der Waals surface area (Å²) in [6, 6.07) is 0. The van der Waals surface area contributed by atoms with Gasteiger partial charge in [-0.15, -0.1) is 0 Å². The van der Waals surface area contributed by atoms with Crippen molar-refractivity contribution < 1.29 is 18.6 Å². The van der Waals surface area contributed by atoms with E-state index in [9.17, 15) is 0 Å². The van der Waals surface area contributed by atoms with Gasteiger partial charge < -0.3 is 18.6 Å². The lowest BCUT2D eigenvalue weighted by molar-refractivity contribution is -0.0947. The average molecular weight is 467 g/mol. The van der Waals surface area contributed by atoms with E-state index in [0.717, 1.165) is 25.9 Å². The zero-order chi connectivity index (χ0) is 24.2. The Morgan fingerprint density at radius 3 is 2.47 bits per heavy atom. The van der Waals surface area contributed by atoms with Crippen molar-refractivity contribution in [2.75, 3.05) is 27.1 Å². The molecule has 0 saturated heterocycles. The first-order chi connectivity index (χ1) is 14.8. The minimum Gasteiger partial charge on any atom is -0.417 e. The van der Waals surface area contributed by atoms with E-state index in [1.165, 1.54) is 12.0 Å². The van der Waals surface area contributed by atoms with Crippen molar-refractivity contribution in [3.8, 4) is 0 Å². The van der Waals surface area contributed by atoms with E-state index in [1.807, 2.05) is 0 Å². The molecule has 0 spiro atoms. The Kier molecular flexibility index (Phi) is 9.82. The molecule has 0 N–H and O–H groups in total. The molecule has 0 aromatic rings. The van der Waals surface area contributed by atoms with E-state index in [2.05, 4.69) is 73.7 Å². The molecule has 1 aliphatic carbocycles. The van der Waals surface area contributed by atoms with Crippen molar-refractivity contribution in [1.29, 1.82) is 0 Å². The Morgan fingerprint density at radius 2 is 1.88 bits per heavy atom. The maximum Gasteiger partial charge on any atom is 0.191 e. The normalized spacial score (nSPS) is 29.4. The van der Waals surface area contributed by atoms with Crippen molar-refractivity contribution in [3.63, 3.8) is 0 Å². The molecule has 186 valence electrons. The molecular formula is C27H50O4Si. The maximum absolute atomic E-state index is 6.62. The number of hydrogen-bond donors (Lipinski definition) is 0. The number of rotatable bonds is 11. The van der Waals surface area contributed by atoms with Gasteiger partial charge >= 0.3 is 0 Å². The summed E-state index contributed by atoms with van der Waals surface area (Å²) in [6.07, 6.45) is 9.23. The van der Waals surface area contributed by atoms with Gasteiger partial charge in [-0.25, -0.2) is 0 Å². The highest BCUT2D eigenvalue weighted by Crippen LogP contribution is 2.52. The SMILES string of the molecule is COCOC[C@@H]1CC=C(C)[C@@H](CC2=CC[C@@H](C(C)C)[C@]2(C)CCO[Si](C)(C)C(C)(C)C)O1. The topological polar surface area (TPSA) is 36.9 Å². The van der Waals surface area contributed by atoms with Gasteiger partial charge in [0.15, 0.2) is 8.32 Å². The van der Waals surface area contributed by atoms with Crippen molar-refractivity contribution in [1.82, 2.24) is 0 Å². The van der Waals surface area contributed by atoms with Crippen LogP contribution in [0.1, 0.15) is 74.1 Å². The zero-order valence-electron chi connectivity index (χ0n) is 22.5. The maximum atomic E-state index is 6.62. The van der Waals surface area contributed by atoms with Crippen LogP contribution in [0.25, 0.3) is 0 Å². The standard InChI is InChI=1S/C27H50O4Si/c1-20(2)24-14-12-22(27(24,7)15-16-30-32(9,10)26(4,5)6)17-25-21(3)11-13-23(31-25)18-29-19-28-8/h11-12,20,23-25H,13-19H2,1-10H3/t23-,24-,25+,27+/m0/s1. The molecule has 2 rings (SSSR count). The molecule has 0 amide bonds. The summed E-state index contributed by atoms with van der Waals surface area (Å²) in [6.45, 7) is 22.9. The van der Waals surface area contributed by atoms with Gasteiger partial charge in [-0.2, -0.15) is 0 Å². The Hall–Kier alpha value is -0.463. The van der Waals surface area contributed by atoms with Gasteiger partial charge in [-0.05, 0) is 73.6 Å². The van der Waals surface area contributed by atoms with E-state index in [0.29, 0.717) is 25.2 Å². The Morgan fingerprint density at radius 1 is 1.19 bits per heavy atom. The summed E-state index contributed by atoms with van der Waals surface area (Å²) in [5.41, 5.74) is 3.08. The fourth-order valence-electron chi connectivity index (χ4n) is 5.03. The second-order valence-corrected chi connectivity index (χ2v) is 16.8. The average Bonchev–Trinajstić information content (AvgIpc) is 3.00. The summed E-state index contributed by atoms with van der Waals surface area (Å²) in [5, 5.41) is 0.247. The number of methoxy groups -OCH3 is 1. The van der Waals surface area contributed by atoms with E-state index < -0.39 is 8.32 Å². The smallest absolute Gasteiger partial charge is 0.191 e. The quantitative estimate of drug-likeness (QED) is 0.141. The molecule has 0 radical (unpaired) electrons. The predicted octanol–water partition coefficient (Wildman–Crippen LogP) is 7.12. The highest BCUT2D eigenvalue weighted by molar-refractivity contribution is 6.74. The second kappa shape index (κ2) is 11.3. The van der Waals surface area contributed by atoms with Crippen molar-refractivity contribution >= 4 is 8.32 Å². The molecule has 0 aromatic heterocycles. The summed E-state index contributed by atoms with van der Waals surface area (Å²) in [5.74, 6) is 1.31. The fourth-order valence-corrected chi connectivity index (χ4v) is 6.07. The molecule has 2 aliphatic rings. The highest BCUT2D eigenvalue weighted by atomic mass is 28.4. The third-order valence-electron chi connectivity index (χ3n) is 8.34. The predicted molar refractivity (Wildman–Crippen MR) is 136 cm³/mol. The third kappa shape index (κ3) is 6.79. The van der Waals surface area contributed by atoms with Crippen LogP contribution in [0.4, 0.5) is 0 Å². The van der Waals surface area contributed by atoms with Gasteiger partial charge in [0.1, 0.15) is 6.79 Å². The van der Waals surface area contributed by atoms with Crippen LogP contribution in [0.2, 0.25) is 18.1 Å². The summed E-state index contributed by atoms with van der Waals surface area (Å²) in [4.78, 5) is 0. The fraction of sp³-hybridized carbons (Fsp3) is 0.852. The lowest BCUT2D eigenvalue weighted by Gasteiger charge is -2.41. The van der Waals surface area contributed by atoms with E-state index >= 15 is 0 Å². The third-order valence-corrected chi connectivity index (χ3v) is 12.9.